The first-order chi connectivity index (χ1) is 20.1. The Morgan fingerprint density at radius 2 is 1.71 bits per heavy atom. The molecule has 0 amide bonds. The fourth-order valence-corrected chi connectivity index (χ4v) is 7.04. The third-order valence-electron chi connectivity index (χ3n) is 8.05. The minimum Gasteiger partial charge on any atom is -0.370 e. The second kappa shape index (κ2) is 11.3. The van der Waals surface area contributed by atoms with Crippen molar-refractivity contribution in [3.05, 3.63) is 107 Å². The number of thiocarbonyl (C=S) groups is 1. The minimum atomic E-state index is -4.45. The molecule has 0 saturated carbocycles. The number of halogens is 4. The van der Waals surface area contributed by atoms with Crippen LogP contribution in [0.2, 0.25) is 5.02 Å². The highest BCUT2D eigenvalue weighted by atomic mass is 35.5. The highest BCUT2D eigenvalue weighted by molar-refractivity contribution is 7.80. The van der Waals surface area contributed by atoms with E-state index in [1.165, 1.54) is 12.5 Å². The standard InChI is InChI=1S/C32H31ClF3N5S/c1-20-15-21(2)19-39(18-20)27-12-11-24(17-25(27)33)41-30(29(38-31(41)42)26-9-3-4-13-37-26)28-10-6-14-40(28)23-8-5-7-22(16-23)32(34,35)36/h3-14,16-17,20-21,29-30H,15,18-19H2,1-2H3,(H,38,42). The van der Waals surface area contributed by atoms with Crippen molar-refractivity contribution >= 4 is 40.3 Å². The summed E-state index contributed by atoms with van der Waals surface area (Å²) in [5.74, 6) is 1.15. The van der Waals surface area contributed by atoms with Crippen LogP contribution in [-0.4, -0.2) is 27.8 Å². The molecule has 4 heterocycles. The van der Waals surface area contributed by atoms with Crippen molar-refractivity contribution in [1.82, 2.24) is 14.9 Å². The Bertz CT molecular complexity index is 1580. The van der Waals surface area contributed by atoms with Gasteiger partial charge in [0.1, 0.15) is 6.04 Å². The number of pyridine rings is 1. The highest BCUT2D eigenvalue weighted by Gasteiger charge is 2.42. The average molecular weight is 610 g/mol. The van der Waals surface area contributed by atoms with Crippen LogP contribution in [0.3, 0.4) is 0 Å². The predicted molar refractivity (Wildman–Crippen MR) is 165 cm³/mol. The van der Waals surface area contributed by atoms with Gasteiger partial charge in [-0.1, -0.05) is 37.6 Å². The molecule has 4 aromatic rings. The SMILES string of the molecule is CC1CC(C)CN(c2ccc(N3C(=S)NC(c4ccccn4)C3c3cccn3-c3cccc(C(F)(F)F)c3)cc2Cl)C1. The van der Waals surface area contributed by atoms with Crippen LogP contribution in [0.25, 0.3) is 5.69 Å². The van der Waals surface area contributed by atoms with E-state index in [-0.39, 0.29) is 6.04 Å². The summed E-state index contributed by atoms with van der Waals surface area (Å²) in [5.41, 5.74) is 3.01. The van der Waals surface area contributed by atoms with E-state index in [1.54, 1.807) is 23.0 Å². The van der Waals surface area contributed by atoms with Crippen LogP contribution in [-0.2, 0) is 6.18 Å². The lowest BCUT2D eigenvalue weighted by atomic mass is 9.91. The molecule has 0 radical (unpaired) electrons. The molecule has 2 aromatic heterocycles. The number of piperidine rings is 1. The van der Waals surface area contributed by atoms with Crippen LogP contribution in [0.5, 0.6) is 0 Å². The number of hydrogen-bond acceptors (Lipinski definition) is 3. The van der Waals surface area contributed by atoms with Gasteiger partial charge in [-0.25, -0.2) is 0 Å². The fourth-order valence-electron chi connectivity index (χ4n) is 6.40. The topological polar surface area (TPSA) is 36.3 Å². The first-order valence-corrected chi connectivity index (χ1v) is 14.8. The highest BCUT2D eigenvalue weighted by Crippen LogP contribution is 2.44. The van der Waals surface area contributed by atoms with Gasteiger partial charge in [0.05, 0.1) is 28.0 Å². The lowest BCUT2D eigenvalue weighted by molar-refractivity contribution is -0.137. The van der Waals surface area contributed by atoms with Gasteiger partial charge < -0.3 is 19.7 Å². The van der Waals surface area contributed by atoms with E-state index in [0.29, 0.717) is 27.7 Å². The van der Waals surface area contributed by atoms with E-state index < -0.39 is 17.8 Å². The number of benzene rings is 2. The van der Waals surface area contributed by atoms with Gasteiger partial charge in [-0.2, -0.15) is 13.2 Å². The number of alkyl halides is 3. The molecule has 42 heavy (non-hydrogen) atoms. The maximum absolute atomic E-state index is 13.6. The van der Waals surface area contributed by atoms with Crippen LogP contribution in [0.1, 0.15) is 49.3 Å². The molecule has 1 N–H and O–H groups in total. The molecule has 2 aromatic carbocycles. The molecule has 4 atom stereocenters. The molecule has 0 aliphatic carbocycles. The van der Waals surface area contributed by atoms with Crippen LogP contribution in [0.15, 0.2) is 85.2 Å². The van der Waals surface area contributed by atoms with Gasteiger partial charge in [0.25, 0.3) is 0 Å². The van der Waals surface area contributed by atoms with Crippen LogP contribution < -0.4 is 15.1 Å². The molecule has 0 spiro atoms. The number of nitrogens with zero attached hydrogens (tertiary/aromatic N) is 4. The van der Waals surface area contributed by atoms with Gasteiger partial charge in [-0.3, -0.25) is 4.98 Å². The quantitative estimate of drug-likeness (QED) is 0.231. The maximum atomic E-state index is 13.6. The summed E-state index contributed by atoms with van der Waals surface area (Å²) in [4.78, 5) is 8.94. The van der Waals surface area contributed by atoms with Gasteiger partial charge in [0.15, 0.2) is 5.11 Å². The average Bonchev–Trinajstić information content (AvgIpc) is 3.57. The number of rotatable bonds is 5. The second-order valence-corrected chi connectivity index (χ2v) is 12.1. The summed E-state index contributed by atoms with van der Waals surface area (Å²) < 4.78 is 42.6. The van der Waals surface area contributed by atoms with Gasteiger partial charge in [-0.05, 0) is 91.1 Å². The van der Waals surface area contributed by atoms with Crippen molar-refractivity contribution in [2.24, 2.45) is 11.8 Å². The number of hydrogen-bond donors (Lipinski definition) is 1. The molecule has 218 valence electrons. The van der Waals surface area contributed by atoms with E-state index in [4.69, 9.17) is 23.8 Å². The number of aromatic nitrogens is 2. The zero-order valence-electron chi connectivity index (χ0n) is 23.2. The first kappa shape index (κ1) is 28.6. The molecular formula is C32H31ClF3N5S. The van der Waals surface area contributed by atoms with Crippen LogP contribution in [0, 0.1) is 11.8 Å². The third-order valence-corrected chi connectivity index (χ3v) is 8.67. The van der Waals surface area contributed by atoms with Crippen molar-refractivity contribution in [3.8, 4) is 5.69 Å². The fraction of sp³-hybridized carbons (Fsp3) is 0.312. The zero-order valence-corrected chi connectivity index (χ0v) is 24.8. The molecule has 2 aliphatic heterocycles. The monoisotopic (exact) mass is 609 g/mol. The van der Waals surface area contributed by atoms with Crippen molar-refractivity contribution in [1.29, 1.82) is 0 Å². The molecule has 0 bridgehead atoms. The molecular weight excluding hydrogens is 579 g/mol. The van der Waals surface area contributed by atoms with Crippen LogP contribution >= 0.6 is 23.8 Å². The molecule has 10 heteroatoms. The summed E-state index contributed by atoms with van der Waals surface area (Å²) in [6.07, 6.45) is 0.235. The zero-order chi connectivity index (χ0) is 29.6. The molecule has 2 aliphatic rings. The summed E-state index contributed by atoms with van der Waals surface area (Å²) >= 11 is 12.8. The smallest absolute Gasteiger partial charge is 0.370 e. The molecule has 6 rings (SSSR count). The normalized spacial score (nSPS) is 22.9. The maximum Gasteiger partial charge on any atom is 0.416 e. The van der Waals surface area contributed by atoms with Crippen molar-refractivity contribution in [2.75, 3.05) is 22.9 Å². The van der Waals surface area contributed by atoms with E-state index in [0.717, 1.165) is 48.0 Å². The number of anilines is 2. The van der Waals surface area contributed by atoms with E-state index in [9.17, 15) is 13.2 Å². The summed E-state index contributed by atoms with van der Waals surface area (Å²) in [6, 6.07) is 20.0. The lowest BCUT2D eigenvalue weighted by Gasteiger charge is -2.37. The lowest BCUT2D eigenvalue weighted by Crippen LogP contribution is -2.38. The Hall–Kier alpha value is -3.56. The van der Waals surface area contributed by atoms with Crippen molar-refractivity contribution in [3.63, 3.8) is 0 Å². The summed E-state index contributed by atoms with van der Waals surface area (Å²) in [5, 5.41) is 4.54. The Labute approximate surface area is 253 Å². The van der Waals surface area contributed by atoms with Crippen LogP contribution in [0.4, 0.5) is 24.5 Å². The molecule has 4 unspecified atom stereocenters. The Balaban J connectivity index is 1.43. The van der Waals surface area contributed by atoms with Gasteiger partial charge in [0.2, 0.25) is 0 Å². The van der Waals surface area contributed by atoms with Gasteiger partial charge >= 0.3 is 6.18 Å². The predicted octanol–water partition coefficient (Wildman–Crippen LogP) is 8.20. The van der Waals surface area contributed by atoms with E-state index in [1.807, 2.05) is 53.4 Å². The van der Waals surface area contributed by atoms with Gasteiger partial charge in [0, 0.05) is 42.6 Å². The van der Waals surface area contributed by atoms with E-state index >= 15 is 0 Å². The largest absolute Gasteiger partial charge is 0.416 e. The minimum absolute atomic E-state index is 0.361. The Kier molecular flexibility index (Phi) is 7.66. The van der Waals surface area contributed by atoms with Gasteiger partial charge in [-0.15, -0.1) is 0 Å². The molecule has 2 fully saturated rings. The Morgan fingerprint density at radius 3 is 2.40 bits per heavy atom. The summed E-state index contributed by atoms with van der Waals surface area (Å²) in [6.45, 7) is 6.42. The second-order valence-electron chi connectivity index (χ2n) is 11.3. The summed E-state index contributed by atoms with van der Waals surface area (Å²) in [7, 11) is 0. The molecule has 5 nitrogen and oxygen atoms in total. The molecule has 2 saturated heterocycles. The Morgan fingerprint density at radius 1 is 0.929 bits per heavy atom. The van der Waals surface area contributed by atoms with Crippen molar-refractivity contribution < 1.29 is 13.2 Å². The van der Waals surface area contributed by atoms with Crippen molar-refractivity contribution in [2.45, 2.75) is 38.5 Å². The first-order valence-electron chi connectivity index (χ1n) is 14.0. The number of nitrogens with one attached hydrogen (secondary N) is 1. The van der Waals surface area contributed by atoms with E-state index in [2.05, 4.69) is 29.0 Å². The third kappa shape index (κ3) is 5.47.